The molecule has 4 aromatic rings. The van der Waals surface area contributed by atoms with Gasteiger partial charge in [0, 0.05) is 5.69 Å². The highest BCUT2D eigenvalue weighted by atomic mass is 16.4. The van der Waals surface area contributed by atoms with Gasteiger partial charge < -0.3 is 10.4 Å². The second-order valence-electron chi connectivity index (χ2n) is 6.08. The number of rotatable bonds is 4. The molecule has 0 unspecified atom stereocenters. The van der Waals surface area contributed by atoms with Crippen molar-refractivity contribution in [1.29, 1.82) is 5.26 Å². The van der Waals surface area contributed by atoms with Crippen molar-refractivity contribution in [2.45, 2.75) is 6.92 Å². The third kappa shape index (κ3) is 3.12. The Morgan fingerprint density at radius 2 is 1.82 bits per heavy atom. The Hall–Kier alpha value is -4.25. The summed E-state index contributed by atoms with van der Waals surface area (Å²) >= 11 is 0. The molecule has 0 fully saturated rings. The lowest BCUT2D eigenvalue weighted by atomic mass is 10.2. The van der Waals surface area contributed by atoms with Crippen molar-refractivity contribution >= 4 is 28.5 Å². The molecule has 2 heterocycles. The fraction of sp³-hybridized carbons (Fsp3) is 0.0500. The first-order valence-electron chi connectivity index (χ1n) is 8.38. The number of nitrogens with zero attached hydrogens (tertiary/aromatic N) is 5. The van der Waals surface area contributed by atoms with Gasteiger partial charge in [0.25, 0.3) is 0 Å². The van der Waals surface area contributed by atoms with Crippen molar-refractivity contribution in [2.75, 3.05) is 5.32 Å². The van der Waals surface area contributed by atoms with Crippen LogP contribution in [-0.2, 0) is 0 Å². The number of carboxylic acids is 1. The van der Waals surface area contributed by atoms with Gasteiger partial charge in [-0.25, -0.2) is 19.4 Å². The van der Waals surface area contributed by atoms with Crippen LogP contribution in [0.4, 0.5) is 11.5 Å². The summed E-state index contributed by atoms with van der Waals surface area (Å²) < 4.78 is 1.68. The van der Waals surface area contributed by atoms with Crippen LogP contribution < -0.4 is 5.32 Å². The first kappa shape index (κ1) is 17.2. The fourth-order valence-corrected chi connectivity index (χ4v) is 2.81. The molecule has 4 rings (SSSR count). The second kappa shape index (κ2) is 6.81. The molecule has 0 atom stereocenters. The summed E-state index contributed by atoms with van der Waals surface area (Å²) in [7, 11) is 0. The molecule has 8 heteroatoms. The lowest BCUT2D eigenvalue weighted by Gasteiger charge is -2.09. The third-order valence-corrected chi connectivity index (χ3v) is 4.18. The standard InChI is InChI=1S/C20H14N6O2/c1-12-23-18(25-15-6-4-14(5-7-15)20(27)28)17-11-22-26(19(17)24-12)16-8-2-13(10-21)3-9-16/h2-9,11H,1H3,(H,27,28)(H,23,24,25). The highest BCUT2D eigenvalue weighted by Gasteiger charge is 2.13. The maximum Gasteiger partial charge on any atom is 0.335 e. The quantitative estimate of drug-likeness (QED) is 0.565. The Morgan fingerprint density at radius 3 is 2.46 bits per heavy atom. The Bertz CT molecular complexity index is 1220. The fourth-order valence-electron chi connectivity index (χ4n) is 2.81. The number of hydrogen-bond donors (Lipinski definition) is 2. The predicted molar refractivity (Wildman–Crippen MR) is 103 cm³/mol. The van der Waals surface area contributed by atoms with Crippen molar-refractivity contribution < 1.29 is 9.90 Å². The van der Waals surface area contributed by atoms with Gasteiger partial charge in [-0.1, -0.05) is 0 Å². The summed E-state index contributed by atoms with van der Waals surface area (Å²) in [6, 6.07) is 15.6. The molecule has 0 bridgehead atoms. The van der Waals surface area contributed by atoms with Crippen LogP contribution in [0.1, 0.15) is 21.7 Å². The van der Waals surface area contributed by atoms with Crippen molar-refractivity contribution in [3.05, 3.63) is 71.7 Å². The molecule has 0 radical (unpaired) electrons. The average molecular weight is 370 g/mol. The summed E-state index contributed by atoms with van der Waals surface area (Å²) in [5.41, 5.74) is 2.89. The first-order chi connectivity index (χ1) is 13.5. The molecule has 136 valence electrons. The maximum atomic E-state index is 11.0. The van der Waals surface area contributed by atoms with Gasteiger partial charge in [0.1, 0.15) is 11.6 Å². The topological polar surface area (TPSA) is 117 Å². The number of nitrogens with one attached hydrogen (secondary N) is 1. The van der Waals surface area contributed by atoms with Gasteiger partial charge in [-0.15, -0.1) is 0 Å². The normalized spacial score (nSPS) is 10.6. The Kier molecular flexibility index (Phi) is 4.18. The zero-order chi connectivity index (χ0) is 19.7. The number of benzene rings is 2. The molecule has 0 spiro atoms. The van der Waals surface area contributed by atoms with E-state index in [4.69, 9.17) is 10.4 Å². The number of hydrogen-bond acceptors (Lipinski definition) is 6. The third-order valence-electron chi connectivity index (χ3n) is 4.18. The Labute approximate surface area is 159 Å². The molecular formula is C20H14N6O2. The molecule has 0 amide bonds. The smallest absolute Gasteiger partial charge is 0.335 e. The Morgan fingerprint density at radius 1 is 1.11 bits per heavy atom. The molecule has 0 saturated carbocycles. The van der Waals surface area contributed by atoms with Gasteiger partial charge >= 0.3 is 5.97 Å². The lowest BCUT2D eigenvalue weighted by molar-refractivity contribution is 0.0697. The number of fused-ring (bicyclic) bond motifs is 1. The lowest BCUT2D eigenvalue weighted by Crippen LogP contribution is -2.02. The highest BCUT2D eigenvalue weighted by Crippen LogP contribution is 2.25. The maximum absolute atomic E-state index is 11.0. The molecule has 2 aromatic carbocycles. The van der Waals surface area contributed by atoms with E-state index in [0.29, 0.717) is 28.5 Å². The molecule has 2 aromatic heterocycles. The van der Waals surface area contributed by atoms with Crippen molar-refractivity contribution in [3.8, 4) is 11.8 Å². The van der Waals surface area contributed by atoms with Crippen LogP contribution in [0.2, 0.25) is 0 Å². The van der Waals surface area contributed by atoms with Gasteiger partial charge in [-0.2, -0.15) is 10.4 Å². The summed E-state index contributed by atoms with van der Waals surface area (Å²) in [4.78, 5) is 20.0. The van der Waals surface area contributed by atoms with E-state index in [2.05, 4.69) is 26.5 Å². The molecular weight excluding hydrogens is 356 g/mol. The monoisotopic (exact) mass is 370 g/mol. The van der Waals surface area contributed by atoms with Crippen LogP contribution in [0.3, 0.4) is 0 Å². The van der Waals surface area contributed by atoms with Crippen LogP contribution in [0.15, 0.2) is 54.7 Å². The zero-order valence-electron chi connectivity index (χ0n) is 14.8. The van der Waals surface area contributed by atoms with Gasteiger partial charge in [-0.3, -0.25) is 0 Å². The summed E-state index contributed by atoms with van der Waals surface area (Å²) in [6.07, 6.45) is 1.67. The minimum atomic E-state index is -0.976. The molecule has 8 nitrogen and oxygen atoms in total. The zero-order valence-corrected chi connectivity index (χ0v) is 14.8. The predicted octanol–water partition coefficient (Wildman–Crippen LogP) is 3.44. The largest absolute Gasteiger partial charge is 0.478 e. The number of nitriles is 1. The molecule has 0 aliphatic rings. The van der Waals surface area contributed by atoms with E-state index in [0.717, 1.165) is 11.1 Å². The van der Waals surface area contributed by atoms with Crippen LogP contribution >= 0.6 is 0 Å². The number of aryl methyl sites for hydroxylation is 1. The summed E-state index contributed by atoms with van der Waals surface area (Å²) in [5.74, 6) is 0.161. The second-order valence-corrected chi connectivity index (χ2v) is 6.08. The van der Waals surface area contributed by atoms with Crippen LogP contribution in [0.25, 0.3) is 16.7 Å². The van der Waals surface area contributed by atoms with Crippen molar-refractivity contribution in [3.63, 3.8) is 0 Å². The van der Waals surface area contributed by atoms with E-state index in [1.165, 1.54) is 12.1 Å². The molecule has 0 saturated heterocycles. The highest BCUT2D eigenvalue weighted by molar-refractivity contribution is 5.90. The molecule has 28 heavy (non-hydrogen) atoms. The van der Waals surface area contributed by atoms with Crippen LogP contribution in [0.5, 0.6) is 0 Å². The molecule has 2 N–H and O–H groups in total. The number of aromatic nitrogens is 4. The summed E-state index contributed by atoms with van der Waals surface area (Å²) in [6.45, 7) is 1.79. The van der Waals surface area contributed by atoms with Crippen molar-refractivity contribution in [1.82, 2.24) is 19.7 Å². The van der Waals surface area contributed by atoms with Gasteiger partial charge in [0.15, 0.2) is 5.65 Å². The Balaban J connectivity index is 1.74. The SMILES string of the molecule is Cc1nc(Nc2ccc(C(=O)O)cc2)c2cnn(-c3ccc(C#N)cc3)c2n1. The molecule has 0 aliphatic heterocycles. The van der Waals surface area contributed by atoms with Crippen LogP contribution in [0, 0.1) is 18.3 Å². The van der Waals surface area contributed by atoms with Crippen LogP contribution in [-0.4, -0.2) is 30.8 Å². The van der Waals surface area contributed by atoms with E-state index in [1.807, 2.05) is 0 Å². The van der Waals surface area contributed by atoms with Gasteiger partial charge in [-0.05, 0) is 55.5 Å². The summed E-state index contributed by atoms with van der Waals surface area (Å²) in [5, 5.41) is 26.3. The number of aromatic carboxylic acids is 1. The van der Waals surface area contributed by atoms with Gasteiger partial charge in [0.05, 0.1) is 34.5 Å². The number of carboxylic acid groups (broad SMARTS) is 1. The van der Waals surface area contributed by atoms with E-state index in [1.54, 1.807) is 54.2 Å². The van der Waals surface area contributed by atoms with Gasteiger partial charge in [0.2, 0.25) is 0 Å². The average Bonchev–Trinajstić information content (AvgIpc) is 3.12. The van der Waals surface area contributed by atoms with E-state index in [-0.39, 0.29) is 5.56 Å². The first-order valence-corrected chi connectivity index (χ1v) is 8.38. The van der Waals surface area contributed by atoms with E-state index in [9.17, 15) is 4.79 Å². The minimum Gasteiger partial charge on any atom is -0.478 e. The molecule has 0 aliphatic carbocycles. The van der Waals surface area contributed by atoms with E-state index >= 15 is 0 Å². The minimum absolute atomic E-state index is 0.211. The van der Waals surface area contributed by atoms with Crippen molar-refractivity contribution in [2.24, 2.45) is 0 Å². The number of anilines is 2. The number of carbonyl (C=O) groups is 1. The van der Waals surface area contributed by atoms with E-state index < -0.39 is 5.97 Å².